The van der Waals surface area contributed by atoms with E-state index in [1.54, 1.807) is 13.1 Å². The zero-order valence-corrected chi connectivity index (χ0v) is 21.3. The molecule has 0 saturated heterocycles. The topological polar surface area (TPSA) is 83.0 Å². The summed E-state index contributed by atoms with van der Waals surface area (Å²) < 4.78 is 31.8. The van der Waals surface area contributed by atoms with Crippen molar-refractivity contribution in [2.24, 2.45) is 4.99 Å². The fraction of sp³-hybridized carbons (Fsp3) is 0.421. The molecular weight excluding hydrogens is 523 g/mol. The van der Waals surface area contributed by atoms with Crippen LogP contribution in [0.4, 0.5) is 0 Å². The maximum absolute atomic E-state index is 12.2. The molecule has 10 heteroatoms. The fourth-order valence-electron chi connectivity index (χ4n) is 2.37. The Labute approximate surface area is 194 Å². The van der Waals surface area contributed by atoms with Crippen molar-refractivity contribution in [3.8, 4) is 5.75 Å². The van der Waals surface area contributed by atoms with Crippen molar-refractivity contribution in [2.75, 3.05) is 27.7 Å². The first-order valence-corrected chi connectivity index (χ1v) is 11.2. The first-order chi connectivity index (χ1) is 13.2. The number of guanidine groups is 1. The van der Waals surface area contributed by atoms with Crippen LogP contribution in [0.1, 0.15) is 17.4 Å². The molecule has 2 aromatic rings. The average molecular weight is 553 g/mol. The summed E-state index contributed by atoms with van der Waals surface area (Å²) in [5, 5.41) is 6.41. The highest BCUT2D eigenvalue weighted by atomic mass is 127. The van der Waals surface area contributed by atoms with Crippen molar-refractivity contribution in [1.29, 1.82) is 0 Å². The van der Waals surface area contributed by atoms with Crippen molar-refractivity contribution in [2.45, 2.75) is 30.7 Å². The van der Waals surface area contributed by atoms with E-state index < -0.39 is 10.0 Å². The smallest absolute Gasteiger partial charge is 0.252 e. The molecule has 1 aromatic heterocycles. The highest BCUT2D eigenvalue weighted by Crippen LogP contribution is 2.23. The Kier molecular flexibility index (Phi) is 10.4. The number of halogens is 1. The zero-order chi connectivity index (χ0) is 20.7. The monoisotopic (exact) mass is 552 g/mol. The number of ether oxygens (including phenoxy) is 1. The number of rotatable bonds is 8. The molecule has 0 bridgehead atoms. The molecule has 1 atom stereocenters. The van der Waals surface area contributed by atoms with E-state index in [2.05, 4.69) is 15.6 Å². The predicted octanol–water partition coefficient (Wildman–Crippen LogP) is 3.06. The number of nitrogens with one attached hydrogen (secondary N) is 2. The number of thiophene rings is 1. The summed E-state index contributed by atoms with van der Waals surface area (Å²) in [6.45, 7) is 5.08. The molecular formula is C19H29IN4O3S2. The highest BCUT2D eigenvalue weighted by Gasteiger charge is 2.19. The Morgan fingerprint density at radius 3 is 2.59 bits per heavy atom. The minimum absolute atomic E-state index is 0. The summed E-state index contributed by atoms with van der Waals surface area (Å²) in [6, 6.07) is 11.4. The normalized spacial score (nSPS) is 13.0. The summed E-state index contributed by atoms with van der Waals surface area (Å²) in [4.78, 5) is 5.11. The van der Waals surface area contributed by atoms with E-state index in [-0.39, 0.29) is 30.1 Å². The van der Waals surface area contributed by atoms with Gasteiger partial charge in [-0.15, -0.1) is 35.3 Å². The van der Waals surface area contributed by atoms with Crippen LogP contribution in [0.2, 0.25) is 0 Å². The molecule has 1 aromatic carbocycles. The Balaban J connectivity index is 0.00000420. The number of hydrogen-bond donors (Lipinski definition) is 2. The Hall–Kier alpha value is -1.37. The molecule has 1 heterocycles. The van der Waals surface area contributed by atoms with Gasteiger partial charge in [0.2, 0.25) is 0 Å². The van der Waals surface area contributed by atoms with Crippen LogP contribution in [0.25, 0.3) is 0 Å². The number of aryl methyl sites for hydroxylation is 1. The fourth-order valence-corrected chi connectivity index (χ4v) is 4.83. The molecule has 0 aliphatic heterocycles. The van der Waals surface area contributed by atoms with Crippen LogP contribution in [-0.4, -0.2) is 52.5 Å². The van der Waals surface area contributed by atoms with Crippen molar-refractivity contribution in [3.63, 3.8) is 0 Å². The summed E-state index contributed by atoms with van der Waals surface area (Å²) in [5.41, 5.74) is 1.15. The van der Waals surface area contributed by atoms with E-state index in [0.29, 0.717) is 23.3 Å². The predicted molar refractivity (Wildman–Crippen MR) is 130 cm³/mol. The van der Waals surface area contributed by atoms with E-state index in [4.69, 9.17) is 4.74 Å². The lowest BCUT2D eigenvalue weighted by Gasteiger charge is -2.18. The average Bonchev–Trinajstić information content (AvgIpc) is 3.11. The van der Waals surface area contributed by atoms with Gasteiger partial charge >= 0.3 is 0 Å². The van der Waals surface area contributed by atoms with Gasteiger partial charge in [0.25, 0.3) is 10.0 Å². The molecule has 162 valence electrons. The molecule has 29 heavy (non-hydrogen) atoms. The second kappa shape index (κ2) is 11.7. The third kappa shape index (κ3) is 7.76. The largest absolute Gasteiger partial charge is 0.489 e. The summed E-state index contributed by atoms with van der Waals surface area (Å²) >= 11 is 1.25. The Bertz CT molecular complexity index is 914. The molecule has 1 unspecified atom stereocenters. The molecule has 0 saturated carbocycles. The minimum atomic E-state index is -3.39. The highest BCUT2D eigenvalue weighted by molar-refractivity contribution is 14.0. The summed E-state index contributed by atoms with van der Waals surface area (Å²) in [5.74, 6) is 1.47. The van der Waals surface area contributed by atoms with Crippen LogP contribution in [0, 0.1) is 6.92 Å². The maximum Gasteiger partial charge on any atom is 0.252 e. The molecule has 0 aliphatic carbocycles. The van der Waals surface area contributed by atoms with E-state index in [9.17, 15) is 8.42 Å². The van der Waals surface area contributed by atoms with Gasteiger partial charge in [-0.05, 0) is 43.7 Å². The molecule has 7 nitrogen and oxygen atoms in total. The van der Waals surface area contributed by atoms with Crippen LogP contribution >= 0.6 is 35.3 Å². The van der Waals surface area contributed by atoms with Crippen molar-refractivity contribution >= 4 is 51.3 Å². The van der Waals surface area contributed by atoms with Gasteiger partial charge in [-0.2, -0.15) is 0 Å². The van der Waals surface area contributed by atoms with Crippen LogP contribution in [-0.2, 0) is 16.6 Å². The standard InChI is InChI=1S/C19H28N4O3S2.HI/c1-14-7-6-8-16(11-14)26-15(2)12-21-19(20-3)22-13-17-9-10-18(27-17)28(24,25)23(4)5;/h6-11,15H,12-13H2,1-5H3,(H2,20,21,22);1H. The first-order valence-electron chi connectivity index (χ1n) is 8.91. The van der Waals surface area contributed by atoms with Crippen LogP contribution < -0.4 is 15.4 Å². The van der Waals surface area contributed by atoms with E-state index >= 15 is 0 Å². The number of sulfonamides is 1. The van der Waals surface area contributed by atoms with Gasteiger partial charge in [0.05, 0.1) is 13.1 Å². The Morgan fingerprint density at radius 1 is 1.24 bits per heavy atom. The van der Waals surface area contributed by atoms with Gasteiger partial charge in [0.15, 0.2) is 5.96 Å². The van der Waals surface area contributed by atoms with Crippen molar-refractivity contribution in [3.05, 3.63) is 46.8 Å². The number of nitrogens with zero attached hydrogens (tertiary/aromatic N) is 2. The quantitative estimate of drug-likeness (QED) is 0.299. The van der Waals surface area contributed by atoms with Crippen LogP contribution in [0.3, 0.4) is 0 Å². The molecule has 0 radical (unpaired) electrons. The van der Waals surface area contributed by atoms with Gasteiger partial charge < -0.3 is 15.4 Å². The third-order valence-corrected chi connectivity index (χ3v) is 7.28. The van der Waals surface area contributed by atoms with E-state index in [1.165, 1.54) is 29.7 Å². The summed E-state index contributed by atoms with van der Waals surface area (Å²) in [7, 11) is 1.35. The molecule has 0 spiro atoms. The second-order valence-electron chi connectivity index (χ2n) is 6.56. The number of benzene rings is 1. The SMILES string of the molecule is CN=C(NCc1ccc(S(=O)(=O)N(C)C)s1)NCC(C)Oc1cccc(C)c1.I. The lowest BCUT2D eigenvalue weighted by atomic mass is 10.2. The molecule has 0 fully saturated rings. The third-order valence-electron chi connectivity index (χ3n) is 3.91. The van der Waals surface area contributed by atoms with Gasteiger partial charge in [-0.3, -0.25) is 4.99 Å². The van der Waals surface area contributed by atoms with E-state index in [0.717, 1.165) is 16.2 Å². The van der Waals surface area contributed by atoms with Gasteiger partial charge in [-0.1, -0.05) is 12.1 Å². The maximum atomic E-state index is 12.2. The van der Waals surface area contributed by atoms with Crippen LogP contribution in [0.5, 0.6) is 5.75 Å². The Morgan fingerprint density at radius 2 is 1.97 bits per heavy atom. The lowest BCUT2D eigenvalue weighted by Crippen LogP contribution is -2.41. The second-order valence-corrected chi connectivity index (χ2v) is 10.1. The van der Waals surface area contributed by atoms with Gasteiger partial charge in [0.1, 0.15) is 16.1 Å². The molecule has 0 aliphatic rings. The van der Waals surface area contributed by atoms with E-state index in [1.807, 2.05) is 44.2 Å². The van der Waals surface area contributed by atoms with Gasteiger partial charge in [0, 0.05) is 26.0 Å². The lowest BCUT2D eigenvalue weighted by molar-refractivity contribution is 0.223. The molecule has 0 amide bonds. The molecule has 2 rings (SSSR count). The van der Waals surface area contributed by atoms with Gasteiger partial charge in [-0.25, -0.2) is 12.7 Å². The summed E-state index contributed by atoms with van der Waals surface area (Å²) in [6.07, 6.45) is -0.0427. The molecule has 2 N–H and O–H groups in total. The zero-order valence-electron chi connectivity index (χ0n) is 17.3. The minimum Gasteiger partial charge on any atom is -0.489 e. The van der Waals surface area contributed by atoms with Crippen LogP contribution in [0.15, 0.2) is 45.6 Å². The van der Waals surface area contributed by atoms with Crippen molar-refractivity contribution in [1.82, 2.24) is 14.9 Å². The number of aliphatic imine (C=N–C) groups is 1. The van der Waals surface area contributed by atoms with Crippen molar-refractivity contribution < 1.29 is 13.2 Å². The first kappa shape index (κ1) is 25.7. The number of hydrogen-bond acceptors (Lipinski definition) is 5.